The van der Waals surface area contributed by atoms with Gasteiger partial charge in [0.15, 0.2) is 11.2 Å². The van der Waals surface area contributed by atoms with Gasteiger partial charge in [-0.2, -0.15) is 0 Å². The number of nitrogens with one attached hydrogen (secondary N) is 1. The molecule has 0 radical (unpaired) electrons. The number of thiazole rings is 1. The van der Waals surface area contributed by atoms with Crippen LogP contribution >= 0.6 is 34.9 Å². The fourth-order valence-corrected chi connectivity index (χ4v) is 6.17. The lowest BCUT2D eigenvalue weighted by molar-refractivity contribution is -0.151. The summed E-state index contributed by atoms with van der Waals surface area (Å²) in [6.45, 7) is 0.169. The minimum Gasteiger partial charge on any atom is -0.477 e. The SMILES string of the molecule is C#CCn1nnnc1SCC1=C(C(=O)O)N2C(=O)C(NC(=O)C(O)c3csc(N)n3)[C@@H]2SC1. The molecule has 1 fully saturated rings. The van der Waals surface area contributed by atoms with Crippen LogP contribution in [0, 0.1) is 12.3 Å². The van der Waals surface area contributed by atoms with E-state index in [1.807, 2.05) is 0 Å². The summed E-state index contributed by atoms with van der Waals surface area (Å²) in [7, 11) is 0. The summed E-state index contributed by atoms with van der Waals surface area (Å²) in [5.74, 6) is 0.322. The predicted octanol–water partition coefficient (Wildman–Crippen LogP) is -1.09. The van der Waals surface area contributed by atoms with Crippen molar-refractivity contribution in [3.05, 3.63) is 22.3 Å². The lowest BCUT2D eigenvalue weighted by Crippen LogP contribution is -2.70. The molecule has 2 aliphatic rings. The smallest absolute Gasteiger partial charge is 0.352 e. The van der Waals surface area contributed by atoms with Crippen LogP contribution in [0.5, 0.6) is 0 Å². The Morgan fingerprint density at radius 2 is 2.27 bits per heavy atom. The number of aliphatic hydroxyl groups is 1. The van der Waals surface area contributed by atoms with E-state index < -0.39 is 35.3 Å². The number of aliphatic hydroxyl groups excluding tert-OH is 1. The standard InChI is InChI=1S/C17H16N8O5S3/c1-2-3-24-17(21-22-23-24)33-5-7-4-31-14-9(13(28)25(14)10(7)15(29)30)20-12(27)11(26)8-6-32-16(18)19-8/h1,6,9,11,14,26H,3-5H2,(H2,18,19)(H,20,27)(H,29,30)/t9?,11?,14-/m0/s1. The number of terminal acetylenes is 1. The van der Waals surface area contributed by atoms with Crippen molar-refractivity contribution in [1.29, 1.82) is 0 Å². The topological polar surface area (TPSA) is 189 Å². The first-order chi connectivity index (χ1) is 15.8. The van der Waals surface area contributed by atoms with Gasteiger partial charge in [0.2, 0.25) is 5.16 Å². The van der Waals surface area contributed by atoms with E-state index >= 15 is 0 Å². The van der Waals surface area contributed by atoms with Gasteiger partial charge in [0.05, 0.1) is 5.69 Å². The number of hydrogen-bond acceptors (Lipinski definition) is 12. The maximum absolute atomic E-state index is 12.7. The van der Waals surface area contributed by atoms with E-state index in [9.17, 15) is 24.6 Å². The third-order valence-corrected chi connectivity index (χ3v) is 7.81. The van der Waals surface area contributed by atoms with Gasteiger partial charge >= 0.3 is 5.97 Å². The summed E-state index contributed by atoms with van der Waals surface area (Å²) in [6.07, 6.45) is 3.69. The number of aliphatic carboxylic acids is 1. The van der Waals surface area contributed by atoms with Crippen molar-refractivity contribution in [2.45, 2.75) is 29.2 Å². The Labute approximate surface area is 198 Å². The van der Waals surface area contributed by atoms with Crippen molar-refractivity contribution in [2.24, 2.45) is 0 Å². The van der Waals surface area contributed by atoms with Crippen LogP contribution in [0.2, 0.25) is 0 Å². The van der Waals surface area contributed by atoms with Gasteiger partial charge in [-0.25, -0.2) is 14.5 Å². The molecule has 16 heteroatoms. The first kappa shape index (κ1) is 23.0. The second-order valence-corrected chi connectivity index (χ2v) is 9.72. The Balaban J connectivity index is 1.45. The van der Waals surface area contributed by atoms with E-state index in [1.165, 1.54) is 33.6 Å². The molecule has 4 heterocycles. The van der Waals surface area contributed by atoms with Gasteiger partial charge in [0.1, 0.15) is 23.7 Å². The predicted molar refractivity (Wildman–Crippen MR) is 119 cm³/mol. The highest BCUT2D eigenvalue weighted by atomic mass is 32.2. The summed E-state index contributed by atoms with van der Waals surface area (Å²) in [6, 6.07) is -0.973. The number of β-lactam (4-membered cyclic amide) rings is 1. The van der Waals surface area contributed by atoms with Crippen molar-refractivity contribution in [2.75, 3.05) is 17.2 Å². The molecule has 0 saturated carbocycles. The van der Waals surface area contributed by atoms with E-state index in [0.717, 1.165) is 16.2 Å². The largest absolute Gasteiger partial charge is 0.477 e. The van der Waals surface area contributed by atoms with Gasteiger partial charge in [-0.05, 0) is 16.0 Å². The van der Waals surface area contributed by atoms with Crippen molar-refractivity contribution >= 4 is 57.8 Å². The molecule has 2 aromatic rings. The molecular formula is C17H16N8O5S3. The van der Waals surface area contributed by atoms with Crippen LogP contribution in [0.4, 0.5) is 5.13 Å². The number of nitrogens with two attached hydrogens (primary N) is 1. The van der Waals surface area contributed by atoms with Gasteiger partial charge in [0, 0.05) is 16.9 Å². The molecule has 1 saturated heterocycles. The molecule has 2 amide bonds. The summed E-state index contributed by atoms with van der Waals surface area (Å²) in [5, 5.41) is 35.1. The number of nitrogen functional groups attached to an aromatic ring is 1. The number of rotatable bonds is 8. The van der Waals surface area contributed by atoms with Crippen LogP contribution in [0.25, 0.3) is 0 Å². The number of fused-ring (bicyclic) bond motifs is 1. The molecule has 2 unspecified atom stereocenters. The van der Waals surface area contributed by atoms with Gasteiger partial charge < -0.3 is 21.3 Å². The van der Waals surface area contributed by atoms with E-state index in [4.69, 9.17) is 12.2 Å². The number of hydrogen-bond donors (Lipinski definition) is 4. The fourth-order valence-electron chi connectivity index (χ4n) is 3.22. The highest BCUT2D eigenvalue weighted by Gasteiger charge is 2.54. The molecule has 3 atom stereocenters. The first-order valence-electron chi connectivity index (χ1n) is 9.23. The Kier molecular flexibility index (Phi) is 6.56. The molecule has 172 valence electrons. The zero-order chi connectivity index (χ0) is 23.7. The number of anilines is 1. The number of carboxylic acids is 1. The van der Waals surface area contributed by atoms with E-state index in [1.54, 1.807) is 0 Å². The van der Waals surface area contributed by atoms with Crippen LogP contribution in [-0.2, 0) is 20.9 Å². The summed E-state index contributed by atoms with van der Waals surface area (Å²) < 4.78 is 1.41. The van der Waals surface area contributed by atoms with E-state index in [2.05, 4.69) is 31.7 Å². The van der Waals surface area contributed by atoms with Crippen LogP contribution in [0.1, 0.15) is 11.8 Å². The van der Waals surface area contributed by atoms with Gasteiger partial charge in [-0.1, -0.05) is 17.7 Å². The normalized spacial score (nSPS) is 20.6. The number of nitrogens with zero attached hydrogens (tertiary/aromatic N) is 6. The molecular weight excluding hydrogens is 492 g/mol. The molecule has 0 aliphatic carbocycles. The highest BCUT2D eigenvalue weighted by Crippen LogP contribution is 2.41. The van der Waals surface area contributed by atoms with Crippen LogP contribution in [0.3, 0.4) is 0 Å². The third kappa shape index (κ3) is 4.39. The maximum Gasteiger partial charge on any atom is 0.352 e. The molecule has 2 aromatic heterocycles. The monoisotopic (exact) mass is 508 g/mol. The van der Waals surface area contributed by atoms with Crippen LogP contribution in [-0.4, -0.2) is 81.0 Å². The van der Waals surface area contributed by atoms with Crippen molar-refractivity contribution in [3.63, 3.8) is 0 Å². The molecule has 5 N–H and O–H groups in total. The zero-order valence-electron chi connectivity index (χ0n) is 16.6. The quantitative estimate of drug-likeness (QED) is 0.192. The minimum absolute atomic E-state index is 0.0764. The first-order valence-corrected chi connectivity index (χ1v) is 12.1. The highest BCUT2D eigenvalue weighted by molar-refractivity contribution is 8.01. The Bertz CT molecular complexity index is 1190. The number of thioether (sulfide) groups is 2. The average Bonchev–Trinajstić information content (AvgIpc) is 3.43. The Morgan fingerprint density at radius 3 is 2.94 bits per heavy atom. The number of carbonyl (C=O) groups is 3. The van der Waals surface area contributed by atoms with Crippen LogP contribution < -0.4 is 11.1 Å². The summed E-state index contributed by atoms with van der Waals surface area (Å²) in [4.78, 5) is 42.1. The van der Waals surface area contributed by atoms with E-state index in [0.29, 0.717) is 16.5 Å². The average molecular weight is 509 g/mol. The molecule has 0 bridgehead atoms. The number of amides is 2. The Morgan fingerprint density at radius 1 is 1.48 bits per heavy atom. The van der Waals surface area contributed by atoms with Gasteiger partial charge in [0.25, 0.3) is 11.8 Å². The molecule has 0 aromatic carbocycles. The lowest BCUT2D eigenvalue weighted by Gasteiger charge is -2.49. The van der Waals surface area contributed by atoms with Gasteiger partial charge in [-0.15, -0.1) is 34.6 Å². The van der Waals surface area contributed by atoms with Crippen molar-refractivity contribution < 1.29 is 24.6 Å². The number of carbonyl (C=O) groups excluding carboxylic acids is 2. The van der Waals surface area contributed by atoms with E-state index in [-0.39, 0.29) is 28.8 Å². The molecule has 4 rings (SSSR count). The minimum atomic E-state index is -1.59. The zero-order valence-corrected chi connectivity index (χ0v) is 19.1. The third-order valence-electron chi connectivity index (χ3n) is 4.73. The molecule has 0 spiro atoms. The lowest BCUT2D eigenvalue weighted by atomic mass is 10.0. The molecule has 2 aliphatic heterocycles. The second-order valence-electron chi connectivity index (χ2n) is 6.78. The number of aromatic nitrogens is 5. The number of carboxylic acid groups (broad SMARTS) is 1. The maximum atomic E-state index is 12.7. The fraction of sp³-hybridized carbons (Fsp3) is 0.353. The summed E-state index contributed by atoms with van der Waals surface area (Å²) in [5.41, 5.74) is 5.97. The van der Waals surface area contributed by atoms with Crippen molar-refractivity contribution in [3.8, 4) is 12.3 Å². The van der Waals surface area contributed by atoms with Crippen LogP contribution in [0.15, 0.2) is 21.8 Å². The summed E-state index contributed by atoms with van der Waals surface area (Å²) >= 11 is 3.58. The van der Waals surface area contributed by atoms with Crippen molar-refractivity contribution in [1.82, 2.24) is 35.4 Å². The molecule has 33 heavy (non-hydrogen) atoms. The molecule has 13 nitrogen and oxygen atoms in total. The second kappa shape index (κ2) is 9.39. The number of tetrazole rings is 1. The van der Waals surface area contributed by atoms with Gasteiger partial charge in [-0.3, -0.25) is 14.5 Å². The Hall–Kier alpha value is -3.13.